The van der Waals surface area contributed by atoms with Crippen molar-refractivity contribution in [2.45, 2.75) is 0 Å². The zero-order valence-corrected chi connectivity index (χ0v) is 11.3. The van der Waals surface area contributed by atoms with Crippen LogP contribution in [0.25, 0.3) is 11.4 Å². The van der Waals surface area contributed by atoms with Crippen LogP contribution in [-0.4, -0.2) is 41.3 Å². The summed E-state index contributed by atoms with van der Waals surface area (Å²) in [7, 11) is 1.56. The predicted molar refractivity (Wildman–Crippen MR) is 74.8 cm³/mol. The van der Waals surface area contributed by atoms with Crippen molar-refractivity contribution in [1.29, 1.82) is 0 Å². The molecule has 0 aliphatic heterocycles. The summed E-state index contributed by atoms with van der Waals surface area (Å²) >= 11 is 0. The van der Waals surface area contributed by atoms with E-state index in [0.717, 1.165) is 0 Å². The quantitative estimate of drug-likeness (QED) is 0.792. The van der Waals surface area contributed by atoms with E-state index in [1.165, 1.54) is 30.3 Å². The standard InChI is InChI=1S/C14H14FN3O3/c1-21-7-6-16-12-8-11(14(19)20)17-13(18-12)9-2-4-10(15)5-3-9/h2-5,8H,6-7H2,1H3,(H,19,20)(H,16,17,18). The molecule has 110 valence electrons. The van der Waals surface area contributed by atoms with Crippen LogP contribution in [0.4, 0.5) is 10.2 Å². The van der Waals surface area contributed by atoms with Gasteiger partial charge in [0.2, 0.25) is 0 Å². The van der Waals surface area contributed by atoms with Crippen LogP contribution >= 0.6 is 0 Å². The molecule has 1 aromatic carbocycles. The third kappa shape index (κ3) is 3.96. The highest BCUT2D eigenvalue weighted by molar-refractivity contribution is 5.87. The SMILES string of the molecule is COCCNc1cc(C(=O)O)nc(-c2ccc(F)cc2)n1. The topological polar surface area (TPSA) is 84.3 Å². The number of carbonyl (C=O) groups is 1. The van der Waals surface area contributed by atoms with Gasteiger partial charge in [-0.15, -0.1) is 0 Å². The molecule has 0 radical (unpaired) electrons. The first-order valence-corrected chi connectivity index (χ1v) is 6.21. The smallest absolute Gasteiger partial charge is 0.354 e. The van der Waals surface area contributed by atoms with E-state index in [-0.39, 0.29) is 17.3 Å². The van der Waals surface area contributed by atoms with Gasteiger partial charge in [0.1, 0.15) is 11.6 Å². The lowest BCUT2D eigenvalue weighted by atomic mass is 10.2. The molecule has 2 N–H and O–H groups in total. The molecule has 0 bridgehead atoms. The Morgan fingerprint density at radius 2 is 2.05 bits per heavy atom. The maximum atomic E-state index is 12.9. The van der Waals surface area contributed by atoms with E-state index in [1.54, 1.807) is 7.11 Å². The van der Waals surface area contributed by atoms with Crippen LogP contribution in [0.1, 0.15) is 10.5 Å². The highest BCUT2D eigenvalue weighted by Gasteiger charge is 2.11. The van der Waals surface area contributed by atoms with E-state index in [1.807, 2.05) is 0 Å². The number of aromatic nitrogens is 2. The lowest BCUT2D eigenvalue weighted by Gasteiger charge is -2.08. The number of benzene rings is 1. The number of nitrogens with one attached hydrogen (secondary N) is 1. The Morgan fingerprint density at radius 1 is 1.33 bits per heavy atom. The Hall–Kier alpha value is -2.54. The number of rotatable bonds is 6. The molecule has 0 unspecified atom stereocenters. The van der Waals surface area contributed by atoms with Gasteiger partial charge in [-0.2, -0.15) is 0 Å². The minimum absolute atomic E-state index is 0.135. The molecular formula is C14H14FN3O3. The fourth-order valence-corrected chi connectivity index (χ4v) is 1.66. The Kier molecular flexibility index (Phi) is 4.78. The van der Waals surface area contributed by atoms with Gasteiger partial charge in [0.25, 0.3) is 0 Å². The zero-order chi connectivity index (χ0) is 15.2. The molecule has 1 heterocycles. The maximum absolute atomic E-state index is 12.9. The first-order valence-electron chi connectivity index (χ1n) is 6.21. The van der Waals surface area contributed by atoms with Crippen molar-refractivity contribution in [3.05, 3.63) is 41.8 Å². The van der Waals surface area contributed by atoms with E-state index < -0.39 is 5.97 Å². The molecule has 0 saturated heterocycles. The summed E-state index contributed by atoms with van der Waals surface area (Å²) in [6, 6.07) is 6.86. The van der Waals surface area contributed by atoms with Crippen molar-refractivity contribution in [3.63, 3.8) is 0 Å². The Balaban J connectivity index is 2.35. The summed E-state index contributed by atoms with van der Waals surface area (Å²) in [5.74, 6) is -0.948. The van der Waals surface area contributed by atoms with Gasteiger partial charge in [0.15, 0.2) is 11.5 Å². The fourth-order valence-electron chi connectivity index (χ4n) is 1.66. The van der Waals surface area contributed by atoms with Gasteiger partial charge in [-0.1, -0.05) is 0 Å². The van der Waals surface area contributed by atoms with Crippen LogP contribution in [0, 0.1) is 5.82 Å². The van der Waals surface area contributed by atoms with Gasteiger partial charge in [-0.05, 0) is 24.3 Å². The van der Waals surface area contributed by atoms with Gasteiger partial charge in [0.05, 0.1) is 6.61 Å². The fraction of sp³-hybridized carbons (Fsp3) is 0.214. The second-order valence-electron chi connectivity index (χ2n) is 4.19. The van der Waals surface area contributed by atoms with E-state index in [4.69, 9.17) is 9.84 Å². The molecule has 0 atom stereocenters. The predicted octanol–water partition coefficient (Wildman–Crippen LogP) is 2.04. The molecule has 2 rings (SSSR count). The Morgan fingerprint density at radius 3 is 2.67 bits per heavy atom. The average Bonchev–Trinajstić information content (AvgIpc) is 2.48. The summed E-state index contributed by atoms with van der Waals surface area (Å²) in [5.41, 5.74) is 0.401. The third-order valence-corrected chi connectivity index (χ3v) is 2.66. The monoisotopic (exact) mass is 291 g/mol. The number of nitrogens with zero attached hydrogens (tertiary/aromatic N) is 2. The molecule has 0 aliphatic carbocycles. The van der Waals surface area contributed by atoms with Crippen molar-refractivity contribution in [2.75, 3.05) is 25.6 Å². The molecule has 7 heteroatoms. The van der Waals surface area contributed by atoms with Crippen molar-refractivity contribution < 1.29 is 19.0 Å². The van der Waals surface area contributed by atoms with Crippen molar-refractivity contribution in [1.82, 2.24) is 9.97 Å². The van der Waals surface area contributed by atoms with Crippen LogP contribution in [0.2, 0.25) is 0 Å². The van der Waals surface area contributed by atoms with Gasteiger partial charge in [-0.3, -0.25) is 0 Å². The van der Waals surface area contributed by atoms with Crippen LogP contribution in [0.15, 0.2) is 30.3 Å². The second kappa shape index (κ2) is 6.76. The van der Waals surface area contributed by atoms with Crippen LogP contribution in [-0.2, 0) is 4.74 Å². The second-order valence-corrected chi connectivity index (χ2v) is 4.19. The Bertz CT molecular complexity index is 632. The molecular weight excluding hydrogens is 277 g/mol. The molecule has 2 aromatic rings. The Labute approximate surface area is 120 Å². The molecule has 0 spiro atoms. The number of methoxy groups -OCH3 is 1. The minimum Gasteiger partial charge on any atom is -0.477 e. The zero-order valence-electron chi connectivity index (χ0n) is 11.3. The molecule has 6 nitrogen and oxygen atoms in total. The molecule has 21 heavy (non-hydrogen) atoms. The van der Waals surface area contributed by atoms with Gasteiger partial charge in [-0.25, -0.2) is 19.2 Å². The van der Waals surface area contributed by atoms with E-state index >= 15 is 0 Å². The number of carboxylic acids is 1. The molecule has 0 saturated carbocycles. The first-order chi connectivity index (χ1) is 10.1. The van der Waals surface area contributed by atoms with Gasteiger partial charge < -0.3 is 15.2 Å². The van der Waals surface area contributed by atoms with E-state index in [2.05, 4.69) is 15.3 Å². The number of aromatic carboxylic acids is 1. The summed E-state index contributed by atoms with van der Waals surface area (Å²) in [6.07, 6.45) is 0. The van der Waals surface area contributed by atoms with Gasteiger partial charge >= 0.3 is 5.97 Å². The van der Waals surface area contributed by atoms with Crippen molar-refractivity contribution >= 4 is 11.8 Å². The van der Waals surface area contributed by atoms with Crippen molar-refractivity contribution in [2.24, 2.45) is 0 Å². The number of carboxylic acid groups (broad SMARTS) is 1. The summed E-state index contributed by atoms with van der Waals surface area (Å²) in [4.78, 5) is 19.3. The van der Waals surface area contributed by atoms with Crippen LogP contribution < -0.4 is 5.32 Å². The maximum Gasteiger partial charge on any atom is 0.354 e. The molecule has 0 amide bonds. The highest BCUT2D eigenvalue weighted by Crippen LogP contribution is 2.18. The minimum atomic E-state index is -1.16. The van der Waals surface area contributed by atoms with E-state index in [9.17, 15) is 9.18 Å². The normalized spacial score (nSPS) is 10.4. The molecule has 1 aromatic heterocycles. The van der Waals surface area contributed by atoms with Crippen LogP contribution in [0.5, 0.6) is 0 Å². The third-order valence-electron chi connectivity index (χ3n) is 2.66. The molecule has 0 fully saturated rings. The summed E-state index contributed by atoms with van der Waals surface area (Å²) in [6.45, 7) is 0.938. The summed E-state index contributed by atoms with van der Waals surface area (Å²) < 4.78 is 17.8. The number of hydrogen-bond acceptors (Lipinski definition) is 5. The first kappa shape index (κ1) is 14.9. The average molecular weight is 291 g/mol. The lowest BCUT2D eigenvalue weighted by molar-refractivity contribution is 0.0690. The summed E-state index contributed by atoms with van der Waals surface area (Å²) in [5, 5.41) is 12.0. The largest absolute Gasteiger partial charge is 0.477 e. The molecule has 0 aliphatic rings. The van der Waals surface area contributed by atoms with Gasteiger partial charge in [0, 0.05) is 25.3 Å². The lowest BCUT2D eigenvalue weighted by Crippen LogP contribution is -2.11. The van der Waals surface area contributed by atoms with Crippen LogP contribution in [0.3, 0.4) is 0 Å². The van der Waals surface area contributed by atoms with Crippen molar-refractivity contribution in [3.8, 4) is 11.4 Å². The number of halogens is 1. The number of ether oxygens (including phenoxy) is 1. The number of hydrogen-bond donors (Lipinski definition) is 2. The highest BCUT2D eigenvalue weighted by atomic mass is 19.1. The number of anilines is 1. The van der Waals surface area contributed by atoms with E-state index in [0.29, 0.717) is 24.5 Å².